The Morgan fingerprint density at radius 2 is 1.43 bits per heavy atom. The Kier molecular flexibility index (Phi) is 5.49. The SMILES string of the molecule is CC(C)(C)c1ccc(CCSc2ccc(CO)cc2)cc1. The maximum Gasteiger partial charge on any atom is 0.0681 e. The largest absolute Gasteiger partial charge is 0.392 e. The van der Waals surface area contributed by atoms with Gasteiger partial charge in [-0.05, 0) is 40.7 Å². The van der Waals surface area contributed by atoms with Crippen molar-refractivity contribution in [2.75, 3.05) is 5.75 Å². The zero-order chi connectivity index (χ0) is 15.3. The first kappa shape index (κ1) is 16.1. The first-order valence-electron chi connectivity index (χ1n) is 7.41. The van der Waals surface area contributed by atoms with E-state index in [4.69, 9.17) is 5.11 Å². The molecule has 112 valence electrons. The van der Waals surface area contributed by atoms with Crippen LogP contribution < -0.4 is 0 Å². The second-order valence-corrected chi connectivity index (χ2v) is 7.52. The number of hydrogen-bond acceptors (Lipinski definition) is 2. The van der Waals surface area contributed by atoms with E-state index in [2.05, 4.69) is 57.2 Å². The number of rotatable bonds is 5. The number of benzene rings is 2. The third kappa shape index (κ3) is 4.90. The summed E-state index contributed by atoms with van der Waals surface area (Å²) in [6, 6.07) is 17.1. The van der Waals surface area contributed by atoms with Crippen molar-refractivity contribution in [3.8, 4) is 0 Å². The molecule has 0 saturated heterocycles. The van der Waals surface area contributed by atoms with Gasteiger partial charge in [0.2, 0.25) is 0 Å². The average molecular weight is 300 g/mol. The predicted octanol–water partition coefficient (Wildman–Crippen LogP) is 4.81. The molecule has 0 saturated carbocycles. The van der Waals surface area contributed by atoms with Gasteiger partial charge in [-0.15, -0.1) is 11.8 Å². The molecule has 21 heavy (non-hydrogen) atoms. The minimum atomic E-state index is 0.116. The lowest BCUT2D eigenvalue weighted by Crippen LogP contribution is -2.10. The smallest absolute Gasteiger partial charge is 0.0681 e. The molecule has 0 heterocycles. The van der Waals surface area contributed by atoms with E-state index in [0.29, 0.717) is 0 Å². The Morgan fingerprint density at radius 3 is 1.95 bits per heavy atom. The van der Waals surface area contributed by atoms with E-state index in [-0.39, 0.29) is 12.0 Å². The van der Waals surface area contributed by atoms with Gasteiger partial charge >= 0.3 is 0 Å². The van der Waals surface area contributed by atoms with Gasteiger partial charge in [-0.25, -0.2) is 0 Å². The molecular weight excluding hydrogens is 276 g/mol. The number of aryl methyl sites for hydroxylation is 1. The fraction of sp³-hybridized carbons (Fsp3) is 0.368. The molecule has 2 heteroatoms. The number of thioether (sulfide) groups is 1. The lowest BCUT2D eigenvalue weighted by atomic mass is 9.86. The highest BCUT2D eigenvalue weighted by atomic mass is 32.2. The first-order chi connectivity index (χ1) is 9.99. The van der Waals surface area contributed by atoms with Crippen LogP contribution in [0, 0.1) is 0 Å². The maximum atomic E-state index is 9.03. The molecule has 0 amide bonds. The zero-order valence-corrected chi connectivity index (χ0v) is 13.9. The number of aliphatic hydroxyl groups is 1. The lowest BCUT2D eigenvalue weighted by Gasteiger charge is -2.19. The van der Waals surface area contributed by atoms with Crippen molar-refractivity contribution in [1.29, 1.82) is 0 Å². The lowest BCUT2D eigenvalue weighted by molar-refractivity contribution is 0.282. The molecular formula is C19H24OS. The molecule has 1 N–H and O–H groups in total. The van der Waals surface area contributed by atoms with Crippen LogP contribution in [0.2, 0.25) is 0 Å². The van der Waals surface area contributed by atoms with Crippen LogP contribution in [0.15, 0.2) is 53.4 Å². The van der Waals surface area contributed by atoms with Crippen molar-refractivity contribution in [2.24, 2.45) is 0 Å². The van der Waals surface area contributed by atoms with Crippen molar-refractivity contribution in [1.82, 2.24) is 0 Å². The van der Waals surface area contributed by atoms with Crippen LogP contribution in [0.4, 0.5) is 0 Å². The minimum Gasteiger partial charge on any atom is -0.392 e. The van der Waals surface area contributed by atoms with Crippen LogP contribution in [0.1, 0.15) is 37.5 Å². The van der Waals surface area contributed by atoms with Crippen molar-refractivity contribution in [3.63, 3.8) is 0 Å². The highest BCUT2D eigenvalue weighted by molar-refractivity contribution is 7.99. The van der Waals surface area contributed by atoms with Crippen LogP contribution in [-0.4, -0.2) is 10.9 Å². The normalized spacial score (nSPS) is 11.6. The highest BCUT2D eigenvalue weighted by Gasteiger charge is 2.12. The standard InChI is InChI=1S/C19H24OS/c1-19(2,3)17-8-4-15(5-9-17)12-13-21-18-10-6-16(14-20)7-11-18/h4-11,20H,12-14H2,1-3H3. The van der Waals surface area contributed by atoms with Gasteiger partial charge < -0.3 is 5.11 Å². The summed E-state index contributed by atoms with van der Waals surface area (Å²) in [5.74, 6) is 1.08. The highest BCUT2D eigenvalue weighted by Crippen LogP contribution is 2.23. The van der Waals surface area contributed by atoms with Crippen molar-refractivity contribution < 1.29 is 5.11 Å². The van der Waals surface area contributed by atoms with E-state index in [9.17, 15) is 0 Å². The molecule has 0 spiro atoms. The third-order valence-electron chi connectivity index (χ3n) is 3.59. The summed E-state index contributed by atoms with van der Waals surface area (Å²) >= 11 is 1.86. The van der Waals surface area contributed by atoms with Gasteiger partial charge in [0.05, 0.1) is 6.61 Å². The Balaban J connectivity index is 1.85. The Bertz CT molecular complexity index is 550. The third-order valence-corrected chi connectivity index (χ3v) is 4.60. The Morgan fingerprint density at radius 1 is 0.857 bits per heavy atom. The molecule has 0 bridgehead atoms. The molecule has 0 aliphatic heterocycles. The van der Waals surface area contributed by atoms with Crippen LogP contribution in [0.3, 0.4) is 0 Å². The van der Waals surface area contributed by atoms with Crippen molar-refractivity contribution in [2.45, 2.75) is 44.1 Å². The summed E-state index contributed by atoms with van der Waals surface area (Å²) in [6.45, 7) is 6.85. The summed E-state index contributed by atoms with van der Waals surface area (Å²) in [5.41, 5.74) is 3.97. The molecule has 0 unspecified atom stereocenters. The summed E-state index contributed by atoms with van der Waals surface area (Å²) in [5, 5.41) is 9.03. The van der Waals surface area contributed by atoms with Crippen LogP contribution in [0.5, 0.6) is 0 Å². The molecule has 0 fully saturated rings. The molecule has 0 aliphatic carbocycles. The fourth-order valence-electron chi connectivity index (χ4n) is 2.15. The topological polar surface area (TPSA) is 20.2 Å². The second-order valence-electron chi connectivity index (χ2n) is 6.35. The van der Waals surface area contributed by atoms with Gasteiger partial charge in [-0.3, -0.25) is 0 Å². The van der Waals surface area contributed by atoms with Gasteiger partial charge in [-0.2, -0.15) is 0 Å². The second kappa shape index (κ2) is 7.15. The number of aliphatic hydroxyl groups excluding tert-OH is 1. The molecule has 2 aromatic carbocycles. The van der Waals surface area contributed by atoms with E-state index in [0.717, 1.165) is 17.7 Å². The zero-order valence-electron chi connectivity index (χ0n) is 13.1. The monoisotopic (exact) mass is 300 g/mol. The van der Waals surface area contributed by atoms with Gasteiger partial charge in [0.15, 0.2) is 0 Å². The van der Waals surface area contributed by atoms with Crippen molar-refractivity contribution in [3.05, 3.63) is 65.2 Å². The summed E-state index contributed by atoms with van der Waals surface area (Å²) in [4.78, 5) is 1.26. The molecule has 2 rings (SSSR count). The van der Waals surface area contributed by atoms with Gasteiger partial charge in [0.1, 0.15) is 0 Å². The minimum absolute atomic E-state index is 0.116. The molecule has 0 radical (unpaired) electrons. The van der Waals surface area contributed by atoms with E-state index < -0.39 is 0 Å². The van der Waals surface area contributed by atoms with Crippen LogP contribution >= 0.6 is 11.8 Å². The van der Waals surface area contributed by atoms with Gasteiger partial charge in [0, 0.05) is 10.6 Å². The van der Waals surface area contributed by atoms with Crippen molar-refractivity contribution >= 4 is 11.8 Å². The predicted molar refractivity (Wildman–Crippen MR) is 91.9 cm³/mol. The molecule has 1 nitrogen and oxygen atoms in total. The van der Waals surface area contributed by atoms with E-state index in [1.807, 2.05) is 23.9 Å². The van der Waals surface area contributed by atoms with Crippen LogP contribution in [0.25, 0.3) is 0 Å². The molecule has 0 aliphatic rings. The summed E-state index contributed by atoms with van der Waals surface area (Å²) in [7, 11) is 0. The first-order valence-corrected chi connectivity index (χ1v) is 8.39. The van der Waals surface area contributed by atoms with E-state index >= 15 is 0 Å². The fourth-order valence-corrected chi connectivity index (χ4v) is 3.05. The summed E-state index contributed by atoms with van der Waals surface area (Å²) in [6.07, 6.45) is 1.08. The molecule has 2 aromatic rings. The molecule has 0 aromatic heterocycles. The van der Waals surface area contributed by atoms with Gasteiger partial charge in [-0.1, -0.05) is 57.2 Å². The van der Waals surface area contributed by atoms with E-state index in [1.165, 1.54) is 16.0 Å². The molecule has 0 atom stereocenters. The average Bonchev–Trinajstić information content (AvgIpc) is 2.47. The van der Waals surface area contributed by atoms with E-state index in [1.54, 1.807) is 0 Å². The summed E-state index contributed by atoms with van der Waals surface area (Å²) < 4.78 is 0. The number of hydrogen-bond donors (Lipinski definition) is 1. The quantitative estimate of drug-likeness (QED) is 0.800. The van der Waals surface area contributed by atoms with Crippen LogP contribution in [-0.2, 0) is 18.4 Å². The van der Waals surface area contributed by atoms with Gasteiger partial charge in [0.25, 0.3) is 0 Å². The Labute approximate surface area is 132 Å². The maximum absolute atomic E-state index is 9.03. The Hall–Kier alpha value is -1.25.